The van der Waals surface area contributed by atoms with Crippen molar-refractivity contribution in [1.29, 1.82) is 0 Å². The lowest BCUT2D eigenvalue weighted by atomic mass is 10.1. The van der Waals surface area contributed by atoms with Crippen LogP contribution in [0.25, 0.3) is 5.70 Å². The number of carbonyl (C=O) groups is 2. The first-order chi connectivity index (χ1) is 15.0. The van der Waals surface area contributed by atoms with Crippen LogP contribution in [0.3, 0.4) is 0 Å². The van der Waals surface area contributed by atoms with E-state index in [-0.39, 0.29) is 11.9 Å². The van der Waals surface area contributed by atoms with Gasteiger partial charge in [0, 0.05) is 31.5 Å². The Bertz CT molecular complexity index is 1100. The van der Waals surface area contributed by atoms with Crippen LogP contribution in [0.15, 0.2) is 65.8 Å². The van der Waals surface area contributed by atoms with Gasteiger partial charge in [-0.25, -0.2) is 9.79 Å². The zero-order chi connectivity index (χ0) is 21.7. The number of hydrogen-bond donors (Lipinski definition) is 0. The van der Waals surface area contributed by atoms with Gasteiger partial charge in [0.2, 0.25) is 5.96 Å². The Morgan fingerprint density at radius 3 is 2.39 bits per heavy atom. The lowest BCUT2D eigenvalue weighted by Crippen LogP contribution is -2.63. The number of imide groups is 1. The molecule has 0 bridgehead atoms. The molecule has 0 radical (unpaired) electrons. The highest BCUT2D eigenvalue weighted by atomic mass is 16.5. The van der Waals surface area contributed by atoms with Crippen molar-refractivity contribution >= 4 is 29.3 Å². The van der Waals surface area contributed by atoms with Crippen LogP contribution in [0.4, 0.5) is 10.5 Å². The van der Waals surface area contributed by atoms with Gasteiger partial charge in [-0.1, -0.05) is 30.3 Å². The van der Waals surface area contributed by atoms with E-state index in [0.29, 0.717) is 12.6 Å². The number of fused-ring (bicyclic) bond motifs is 3. The highest BCUT2D eigenvalue weighted by molar-refractivity contribution is 6.16. The van der Waals surface area contributed by atoms with Crippen LogP contribution in [0.5, 0.6) is 5.75 Å². The van der Waals surface area contributed by atoms with Gasteiger partial charge in [0.05, 0.1) is 12.3 Å². The molecule has 158 valence electrons. The van der Waals surface area contributed by atoms with Crippen LogP contribution < -0.4 is 9.64 Å². The molecule has 0 saturated carbocycles. The molecule has 3 aliphatic heterocycles. The Morgan fingerprint density at radius 1 is 1.00 bits per heavy atom. The third-order valence-corrected chi connectivity index (χ3v) is 5.81. The number of aliphatic imine (C=N–C) groups is 1. The molecule has 3 heterocycles. The molecule has 5 rings (SSSR count). The molecule has 3 amide bonds. The van der Waals surface area contributed by atoms with E-state index in [1.54, 1.807) is 7.05 Å². The summed E-state index contributed by atoms with van der Waals surface area (Å²) in [5.41, 5.74) is 2.82. The number of ether oxygens (including phenoxy) is 1. The van der Waals surface area contributed by atoms with Crippen LogP contribution >= 0.6 is 0 Å². The molecule has 2 aromatic carbocycles. The molecule has 2 unspecified atom stereocenters. The van der Waals surface area contributed by atoms with Gasteiger partial charge in [-0.3, -0.25) is 19.5 Å². The number of hydrogen-bond acceptors (Lipinski definition) is 6. The summed E-state index contributed by atoms with van der Waals surface area (Å²) < 4.78 is 5.58. The minimum Gasteiger partial charge on any atom is -0.494 e. The maximum absolute atomic E-state index is 13.0. The number of rotatable bonds is 4. The van der Waals surface area contributed by atoms with Crippen molar-refractivity contribution in [2.45, 2.75) is 19.1 Å². The van der Waals surface area contributed by atoms with E-state index in [0.717, 1.165) is 27.6 Å². The number of benzene rings is 2. The first-order valence-electron chi connectivity index (χ1n) is 10.2. The maximum Gasteiger partial charge on any atom is 0.328 e. The van der Waals surface area contributed by atoms with Crippen LogP contribution in [0, 0.1) is 0 Å². The fraction of sp³-hybridized carbons (Fsp3) is 0.261. The third kappa shape index (κ3) is 2.86. The number of nitrogens with zero attached hydrogens (tertiary/aromatic N) is 5. The fourth-order valence-electron chi connectivity index (χ4n) is 4.24. The zero-order valence-electron chi connectivity index (χ0n) is 17.6. The lowest BCUT2D eigenvalue weighted by Gasteiger charge is -2.38. The van der Waals surface area contributed by atoms with Crippen molar-refractivity contribution in [1.82, 2.24) is 14.7 Å². The Hall–Kier alpha value is -3.81. The average Bonchev–Trinajstić information content (AvgIpc) is 3.34. The molecule has 0 aromatic heterocycles. The fourth-order valence-corrected chi connectivity index (χ4v) is 4.24. The van der Waals surface area contributed by atoms with E-state index in [1.807, 2.05) is 77.5 Å². The van der Waals surface area contributed by atoms with Gasteiger partial charge in [0.15, 0.2) is 12.2 Å². The smallest absolute Gasteiger partial charge is 0.328 e. The van der Waals surface area contributed by atoms with Crippen LogP contribution in [0.1, 0.15) is 12.5 Å². The summed E-state index contributed by atoms with van der Waals surface area (Å²) >= 11 is 0. The van der Waals surface area contributed by atoms with E-state index >= 15 is 0 Å². The van der Waals surface area contributed by atoms with Crippen molar-refractivity contribution in [3.63, 3.8) is 0 Å². The molecule has 8 nitrogen and oxygen atoms in total. The molecule has 2 aromatic rings. The summed E-state index contributed by atoms with van der Waals surface area (Å²) in [5.74, 6) is 1.15. The van der Waals surface area contributed by atoms with Gasteiger partial charge in [0.1, 0.15) is 5.75 Å². The van der Waals surface area contributed by atoms with Crippen LogP contribution in [-0.2, 0) is 4.79 Å². The average molecular weight is 417 g/mol. The Labute approximate surface area is 180 Å². The molecular weight excluding hydrogens is 394 g/mol. The molecule has 0 spiro atoms. The number of guanidine groups is 1. The van der Waals surface area contributed by atoms with Crippen molar-refractivity contribution in [3.05, 3.63) is 66.4 Å². The third-order valence-electron chi connectivity index (χ3n) is 5.81. The van der Waals surface area contributed by atoms with E-state index < -0.39 is 12.2 Å². The number of anilines is 1. The molecule has 0 N–H and O–H groups in total. The SMILES string of the molecule is CCOc1ccc(N2C(c3ccccc3)=CN3C2=NC2C3C(=O)N(C)C(=O)N2C)cc1. The molecule has 3 aliphatic rings. The predicted octanol–water partition coefficient (Wildman–Crippen LogP) is 2.79. The number of urea groups is 1. The second kappa shape index (κ2) is 7.16. The monoisotopic (exact) mass is 417 g/mol. The van der Waals surface area contributed by atoms with Crippen molar-refractivity contribution in [3.8, 4) is 5.75 Å². The molecule has 8 heteroatoms. The van der Waals surface area contributed by atoms with Crippen molar-refractivity contribution in [2.75, 3.05) is 25.6 Å². The van der Waals surface area contributed by atoms with E-state index in [2.05, 4.69) is 0 Å². The first kappa shape index (κ1) is 19.2. The second-order valence-electron chi connectivity index (χ2n) is 7.63. The van der Waals surface area contributed by atoms with Gasteiger partial charge in [-0.15, -0.1) is 0 Å². The summed E-state index contributed by atoms with van der Waals surface area (Å²) in [6.45, 7) is 2.54. The summed E-state index contributed by atoms with van der Waals surface area (Å²) in [7, 11) is 3.19. The number of likely N-dealkylation sites (N-methyl/N-ethyl adjacent to an activating group) is 2. The first-order valence-corrected chi connectivity index (χ1v) is 10.2. The second-order valence-corrected chi connectivity index (χ2v) is 7.63. The quantitative estimate of drug-likeness (QED) is 0.765. The summed E-state index contributed by atoms with van der Waals surface area (Å²) in [4.78, 5) is 36.8. The molecule has 0 aliphatic carbocycles. The Kier molecular flexibility index (Phi) is 4.43. The largest absolute Gasteiger partial charge is 0.494 e. The highest BCUT2D eigenvalue weighted by Gasteiger charge is 2.54. The molecule has 1 fully saturated rings. The summed E-state index contributed by atoms with van der Waals surface area (Å²) in [5, 5.41) is 0. The highest BCUT2D eigenvalue weighted by Crippen LogP contribution is 2.40. The minimum atomic E-state index is -0.589. The van der Waals surface area contributed by atoms with Crippen molar-refractivity contribution < 1.29 is 14.3 Å². The lowest BCUT2D eigenvalue weighted by molar-refractivity contribution is -0.135. The topological polar surface area (TPSA) is 68.7 Å². The summed E-state index contributed by atoms with van der Waals surface area (Å²) in [6, 6.07) is 16.8. The standard InChI is InChI=1S/C23H23N5O3/c1-4-31-17-12-10-16(11-13-17)28-18(15-8-6-5-7-9-15)14-27-19-20(24-22(27)28)25(2)23(30)26(3)21(19)29/h5-14,19-20H,4H2,1-3H3. The summed E-state index contributed by atoms with van der Waals surface area (Å²) in [6.07, 6.45) is 1.38. The molecular formula is C23H23N5O3. The molecule has 1 saturated heterocycles. The van der Waals surface area contributed by atoms with E-state index in [9.17, 15) is 9.59 Å². The van der Waals surface area contributed by atoms with Crippen LogP contribution in [0.2, 0.25) is 0 Å². The van der Waals surface area contributed by atoms with Gasteiger partial charge in [-0.05, 0) is 31.2 Å². The molecule has 2 atom stereocenters. The minimum absolute atomic E-state index is 0.260. The van der Waals surface area contributed by atoms with Gasteiger partial charge < -0.3 is 9.64 Å². The predicted molar refractivity (Wildman–Crippen MR) is 117 cm³/mol. The zero-order valence-corrected chi connectivity index (χ0v) is 17.6. The van der Waals surface area contributed by atoms with Gasteiger partial charge >= 0.3 is 6.03 Å². The van der Waals surface area contributed by atoms with E-state index in [1.165, 1.54) is 11.9 Å². The van der Waals surface area contributed by atoms with Gasteiger partial charge in [-0.2, -0.15) is 0 Å². The van der Waals surface area contributed by atoms with Crippen molar-refractivity contribution in [2.24, 2.45) is 4.99 Å². The van der Waals surface area contributed by atoms with Gasteiger partial charge in [0.25, 0.3) is 5.91 Å². The Morgan fingerprint density at radius 2 is 1.71 bits per heavy atom. The normalized spacial score (nSPS) is 22.4. The number of amides is 3. The number of carbonyl (C=O) groups excluding carboxylic acids is 2. The van der Waals surface area contributed by atoms with E-state index in [4.69, 9.17) is 9.73 Å². The Balaban J connectivity index is 1.60. The molecule has 31 heavy (non-hydrogen) atoms. The maximum atomic E-state index is 13.0. The van der Waals surface area contributed by atoms with Crippen LogP contribution in [-0.4, -0.2) is 65.5 Å².